The van der Waals surface area contributed by atoms with Crippen LogP contribution in [-0.4, -0.2) is 60.9 Å². The fraction of sp³-hybridized carbons (Fsp3) is 0.938. The molecule has 21 heavy (non-hydrogen) atoms. The first kappa shape index (κ1) is 16.7. The lowest BCUT2D eigenvalue weighted by atomic mass is 10.2. The van der Waals surface area contributed by atoms with Gasteiger partial charge in [0.1, 0.15) is 0 Å². The van der Waals surface area contributed by atoms with Gasteiger partial charge < -0.3 is 15.2 Å². The Balaban J connectivity index is 1.60. The van der Waals surface area contributed by atoms with E-state index in [9.17, 15) is 9.90 Å². The highest BCUT2D eigenvalue weighted by Gasteiger charge is 2.23. The van der Waals surface area contributed by atoms with Gasteiger partial charge in [0, 0.05) is 13.2 Å². The predicted molar refractivity (Wildman–Crippen MR) is 82.1 cm³/mol. The van der Waals surface area contributed by atoms with Crippen LogP contribution < -0.4 is 5.32 Å². The van der Waals surface area contributed by atoms with Crippen molar-refractivity contribution in [3.8, 4) is 0 Å². The molecule has 0 aromatic rings. The van der Waals surface area contributed by atoms with Gasteiger partial charge in [-0.15, -0.1) is 0 Å². The summed E-state index contributed by atoms with van der Waals surface area (Å²) >= 11 is 0. The van der Waals surface area contributed by atoms with E-state index >= 15 is 0 Å². The van der Waals surface area contributed by atoms with Crippen LogP contribution in [0.25, 0.3) is 0 Å². The van der Waals surface area contributed by atoms with Crippen LogP contribution in [0.4, 0.5) is 0 Å². The molecule has 1 amide bonds. The van der Waals surface area contributed by atoms with Crippen molar-refractivity contribution in [1.29, 1.82) is 0 Å². The van der Waals surface area contributed by atoms with Gasteiger partial charge in [-0.25, -0.2) is 0 Å². The van der Waals surface area contributed by atoms with Crippen molar-refractivity contribution >= 4 is 5.91 Å². The predicted octanol–water partition coefficient (Wildman–Crippen LogP) is 1.15. The quantitative estimate of drug-likeness (QED) is 0.706. The molecule has 0 spiro atoms. The van der Waals surface area contributed by atoms with Gasteiger partial charge in [-0.05, 0) is 51.6 Å². The molecule has 1 aliphatic heterocycles. The Morgan fingerprint density at radius 2 is 1.95 bits per heavy atom. The van der Waals surface area contributed by atoms with Crippen molar-refractivity contribution in [1.82, 2.24) is 10.2 Å². The van der Waals surface area contributed by atoms with E-state index in [1.165, 1.54) is 38.5 Å². The molecule has 0 aromatic heterocycles. The summed E-state index contributed by atoms with van der Waals surface area (Å²) in [5, 5.41) is 12.7. The average molecular weight is 298 g/mol. The summed E-state index contributed by atoms with van der Waals surface area (Å²) in [5.41, 5.74) is 0. The minimum absolute atomic E-state index is 0.0122. The number of rotatable bonds is 8. The average Bonchev–Trinajstić information content (AvgIpc) is 3.30. The molecule has 1 heterocycles. The van der Waals surface area contributed by atoms with Gasteiger partial charge in [-0.2, -0.15) is 0 Å². The van der Waals surface area contributed by atoms with E-state index < -0.39 is 6.10 Å². The molecule has 0 aromatic carbocycles. The summed E-state index contributed by atoms with van der Waals surface area (Å²) in [6.07, 6.45) is 6.78. The van der Waals surface area contributed by atoms with Crippen LogP contribution in [0.5, 0.6) is 0 Å². The maximum absolute atomic E-state index is 12.1. The molecule has 0 radical (unpaired) electrons. The molecule has 2 rings (SSSR count). The number of nitrogens with zero attached hydrogens (tertiary/aromatic N) is 1. The number of likely N-dealkylation sites (tertiary alicyclic amines) is 1. The van der Waals surface area contributed by atoms with Gasteiger partial charge in [0.2, 0.25) is 5.91 Å². The van der Waals surface area contributed by atoms with E-state index in [2.05, 4.69) is 10.2 Å². The van der Waals surface area contributed by atoms with Gasteiger partial charge in [-0.3, -0.25) is 9.69 Å². The molecule has 0 unspecified atom stereocenters. The molecule has 2 N–H and O–H groups in total. The fourth-order valence-corrected chi connectivity index (χ4v) is 2.73. The third kappa shape index (κ3) is 6.32. The molecule has 1 aliphatic carbocycles. The van der Waals surface area contributed by atoms with Crippen molar-refractivity contribution in [2.24, 2.45) is 5.92 Å². The van der Waals surface area contributed by atoms with E-state index in [1.54, 1.807) is 0 Å². The monoisotopic (exact) mass is 298 g/mol. The number of amides is 1. The molecule has 2 fully saturated rings. The summed E-state index contributed by atoms with van der Waals surface area (Å²) in [6, 6.07) is -0.109. The lowest BCUT2D eigenvalue weighted by Crippen LogP contribution is -2.47. The second-order valence-corrected chi connectivity index (χ2v) is 6.51. The Kier molecular flexibility index (Phi) is 6.93. The number of carbonyl (C=O) groups is 1. The second kappa shape index (κ2) is 8.71. The lowest BCUT2D eigenvalue weighted by Gasteiger charge is -2.27. The number of carbonyl (C=O) groups excluding carboxylic acids is 1. The van der Waals surface area contributed by atoms with Crippen molar-refractivity contribution in [3.63, 3.8) is 0 Å². The van der Waals surface area contributed by atoms with E-state index in [0.717, 1.165) is 19.7 Å². The molecule has 1 saturated carbocycles. The second-order valence-electron chi connectivity index (χ2n) is 6.51. The zero-order chi connectivity index (χ0) is 15.1. The van der Waals surface area contributed by atoms with Crippen molar-refractivity contribution in [2.75, 3.05) is 32.8 Å². The Labute approximate surface area is 128 Å². The van der Waals surface area contributed by atoms with Crippen molar-refractivity contribution < 1.29 is 14.6 Å². The molecule has 0 bridgehead atoms. The highest BCUT2D eigenvalue weighted by atomic mass is 16.5. The Bertz CT molecular complexity index is 313. The lowest BCUT2D eigenvalue weighted by molar-refractivity contribution is -0.126. The maximum atomic E-state index is 12.1. The van der Waals surface area contributed by atoms with E-state index in [-0.39, 0.29) is 18.5 Å². The van der Waals surface area contributed by atoms with E-state index in [4.69, 9.17) is 4.74 Å². The van der Waals surface area contributed by atoms with Crippen LogP contribution in [0.2, 0.25) is 0 Å². The number of aliphatic hydroxyl groups is 1. The minimum Gasteiger partial charge on any atom is -0.389 e. The SMILES string of the molecule is C[C@@H](C(=O)NC[C@@H](O)COCC1CC1)N1CCCCCC1. The highest BCUT2D eigenvalue weighted by Crippen LogP contribution is 2.28. The number of hydrogen-bond acceptors (Lipinski definition) is 4. The van der Waals surface area contributed by atoms with Crippen molar-refractivity contribution in [3.05, 3.63) is 0 Å². The first-order valence-corrected chi connectivity index (χ1v) is 8.44. The third-order valence-corrected chi connectivity index (χ3v) is 4.44. The van der Waals surface area contributed by atoms with Crippen LogP contribution in [0.3, 0.4) is 0 Å². The molecular formula is C16H30N2O3. The normalized spacial score (nSPS) is 23.3. The van der Waals surface area contributed by atoms with Gasteiger partial charge in [0.15, 0.2) is 0 Å². The first-order chi connectivity index (χ1) is 10.2. The molecule has 2 aliphatic rings. The van der Waals surface area contributed by atoms with Crippen molar-refractivity contribution in [2.45, 2.75) is 57.6 Å². The highest BCUT2D eigenvalue weighted by molar-refractivity contribution is 5.81. The Morgan fingerprint density at radius 1 is 1.29 bits per heavy atom. The Hall–Kier alpha value is -0.650. The zero-order valence-electron chi connectivity index (χ0n) is 13.2. The topological polar surface area (TPSA) is 61.8 Å². The summed E-state index contributed by atoms with van der Waals surface area (Å²) in [5.74, 6) is 0.716. The summed E-state index contributed by atoms with van der Waals surface area (Å²) in [6.45, 7) is 5.30. The molecule has 122 valence electrons. The molecular weight excluding hydrogens is 268 g/mol. The Morgan fingerprint density at radius 3 is 2.57 bits per heavy atom. The fourth-order valence-electron chi connectivity index (χ4n) is 2.73. The van der Waals surface area contributed by atoms with E-state index in [0.29, 0.717) is 12.5 Å². The van der Waals surface area contributed by atoms with Crippen LogP contribution in [-0.2, 0) is 9.53 Å². The smallest absolute Gasteiger partial charge is 0.237 e. The minimum atomic E-state index is -0.607. The van der Waals surface area contributed by atoms with Crippen LogP contribution in [0.1, 0.15) is 45.4 Å². The summed E-state index contributed by atoms with van der Waals surface area (Å²) < 4.78 is 5.43. The van der Waals surface area contributed by atoms with Crippen LogP contribution in [0.15, 0.2) is 0 Å². The zero-order valence-corrected chi connectivity index (χ0v) is 13.2. The largest absolute Gasteiger partial charge is 0.389 e. The number of aliphatic hydroxyl groups excluding tert-OH is 1. The summed E-state index contributed by atoms with van der Waals surface area (Å²) in [7, 11) is 0. The van der Waals surface area contributed by atoms with E-state index in [1.807, 2.05) is 6.92 Å². The van der Waals surface area contributed by atoms with Gasteiger partial charge in [0.25, 0.3) is 0 Å². The van der Waals surface area contributed by atoms with Gasteiger partial charge in [0.05, 0.1) is 18.8 Å². The summed E-state index contributed by atoms with van der Waals surface area (Å²) in [4.78, 5) is 14.4. The van der Waals surface area contributed by atoms with Crippen LogP contribution in [0, 0.1) is 5.92 Å². The molecule has 5 heteroatoms. The number of ether oxygens (including phenoxy) is 1. The molecule has 5 nitrogen and oxygen atoms in total. The maximum Gasteiger partial charge on any atom is 0.237 e. The third-order valence-electron chi connectivity index (χ3n) is 4.44. The van der Waals surface area contributed by atoms with Gasteiger partial charge in [-0.1, -0.05) is 12.8 Å². The number of nitrogens with one attached hydrogen (secondary N) is 1. The number of hydrogen-bond donors (Lipinski definition) is 2. The molecule has 1 saturated heterocycles. The van der Waals surface area contributed by atoms with Gasteiger partial charge >= 0.3 is 0 Å². The first-order valence-electron chi connectivity index (χ1n) is 8.44. The standard InChI is InChI=1S/C16H30N2O3/c1-13(18-8-4-2-3-5-9-18)16(20)17-10-15(19)12-21-11-14-6-7-14/h13-15,19H,2-12H2,1H3,(H,17,20)/t13-,15+/m0/s1. The molecule has 2 atom stereocenters. The van der Waals surface area contributed by atoms with Crippen LogP contribution >= 0.6 is 0 Å².